The fraction of sp³-hybridized carbons (Fsp3) is 0.706. The highest BCUT2D eigenvalue weighted by Gasteiger charge is 2.31. The van der Waals surface area contributed by atoms with Crippen molar-refractivity contribution in [2.75, 3.05) is 19.6 Å². The van der Waals surface area contributed by atoms with Crippen LogP contribution in [0.1, 0.15) is 45.4 Å². The molecular formula is C17H28N2O2S. The number of hydrogen-bond donors (Lipinski definition) is 2. The van der Waals surface area contributed by atoms with Crippen LogP contribution in [0.15, 0.2) is 17.5 Å². The van der Waals surface area contributed by atoms with Crippen molar-refractivity contribution >= 4 is 17.2 Å². The molecule has 1 aliphatic heterocycles. The Morgan fingerprint density at radius 1 is 1.36 bits per heavy atom. The van der Waals surface area contributed by atoms with Gasteiger partial charge in [0.1, 0.15) is 5.60 Å². The van der Waals surface area contributed by atoms with Crippen molar-refractivity contribution in [2.24, 2.45) is 5.41 Å². The van der Waals surface area contributed by atoms with Crippen molar-refractivity contribution in [3.05, 3.63) is 22.4 Å². The third kappa shape index (κ3) is 4.31. The predicted octanol–water partition coefficient (Wildman–Crippen LogP) is 2.58. The molecular weight excluding hydrogens is 296 g/mol. The van der Waals surface area contributed by atoms with E-state index in [1.807, 2.05) is 50.1 Å². The lowest BCUT2D eigenvalue weighted by Gasteiger charge is -2.37. The fourth-order valence-corrected chi connectivity index (χ4v) is 3.56. The Morgan fingerprint density at radius 3 is 2.50 bits per heavy atom. The second-order valence-corrected chi connectivity index (χ2v) is 8.40. The third-order valence-electron chi connectivity index (χ3n) is 4.21. The van der Waals surface area contributed by atoms with Crippen molar-refractivity contribution < 1.29 is 9.90 Å². The van der Waals surface area contributed by atoms with E-state index in [-0.39, 0.29) is 11.3 Å². The van der Waals surface area contributed by atoms with Crippen LogP contribution in [0.4, 0.5) is 0 Å². The molecule has 2 rings (SSSR count). The summed E-state index contributed by atoms with van der Waals surface area (Å²) in [4.78, 5) is 15.2. The lowest BCUT2D eigenvalue weighted by atomic mass is 9.93. The van der Waals surface area contributed by atoms with Crippen LogP contribution in [0.5, 0.6) is 0 Å². The highest BCUT2D eigenvalue weighted by atomic mass is 32.1. The molecule has 1 saturated heterocycles. The fourth-order valence-electron chi connectivity index (χ4n) is 2.78. The van der Waals surface area contributed by atoms with E-state index in [2.05, 4.69) is 5.32 Å². The molecule has 4 nitrogen and oxygen atoms in total. The number of hydrogen-bond acceptors (Lipinski definition) is 4. The number of nitrogens with zero attached hydrogens (tertiary/aromatic N) is 1. The maximum Gasteiger partial charge on any atom is 0.227 e. The van der Waals surface area contributed by atoms with Crippen LogP contribution in [0.25, 0.3) is 0 Å². The van der Waals surface area contributed by atoms with Crippen molar-refractivity contribution in [3.63, 3.8) is 0 Å². The van der Waals surface area contributed by atoms with E-state index in [1.165, 1.54) is 0 Å². The van der Waals surface area contributed by atoms with Gasteiger partial charge in [-0.05, 0) is 31.2 Å². The van der Waals surface area contributed by atoms with Gasteiger partial charge in [-0.2, -0.15) is 0 Å². The topological polar surface area (TPSA) is 52.6 Å². The van der Waals surface area contributed by atoms with Gasteiger partial charge in [-0.1, -0.05) is 26.8 Å². The molecule has 1 unspecified atom stereocenters. The van der Waals surface area contributed by atoms with Crippen molar-refractivity contribution in [1.82, 2.24) is 10.2 Å². The average molecular weight is 324 g/mol. The van der Waals surface area contributed by atoms with E-state index in [9.17, 15) is 9.90 Å². The minimum atomic E-state index is -0.827. The molecule has 1 aliphatic rings. The van der Waals surface area contributed by atoms with E-state index < -0.39 is 5.60 Å². The van der Waals surface area contributed by atoms with E-state index in [0.29, 0.717) is 12.6 Å². The molecule has 0 spiro atoms. The molecule has 0 aliphatic carbocycles. The predicted molar refractivity (Wildman–Crippen MR) is 90.9 cm³/mol. The highest BCUT2D eigenvalue weighted by Crippen LogP contribution is 2.25. The monoisotopic (exact) mass is 324 g/mol. The average Bonchev–Trinajstić information content (AvgIpc) is 2.99. The standard InChI is InChI=1S/C17H28N2O2S/c1-16(2,3)15(20)19-9-7-13(8-10-19)18-12-17(4,21)14-6-5-11-22-14/h5-6,11,13,18,21H,7-10,12H2,1-4H3. The maximum atomic E-state index is 12.3. The lowest BCUT2D eigenvalue weighted by molar-refractivity contribution is -0.140. The van der Waals surface area contributed by atoms with Crippen LogP contribution >= 0.6 is 11.3 Å². The Bertz CT molecular complexity index is 483. The molecule has 1 fully saturated rings. The largest absolute Gasteiger partial charge is 0.383 e. The summed E-state index contributed by atoms with van der Waals surface area (Å²) < 4.78 is 0. The third-order valence-corrected chi connectivity index (χ3v) is 5.33. The highest BCUT2D eigenvalue weighted by molar-refractivity contribution is 7.10. The molecule has 0 bridgehead atoms. The second kappa shape index (κ2) is 6.69. The Balaban J connectivity index is 1.80. The van der Waals surface area contributed by atoms with Gasteiger partial charge in [0.05, 0.1) is 0 Å². The van der Waals surface area contributed by atoms with Gasteiger partial charge in [-0.3, -0.25) is 4.79 Å². The molecule has 0 aromatic carbocycles. The summed E-state index contributed by atoms with van der Waals surface area (Å²) in [7, 11) is 0. The number of thiophene rings is 1. The summed E-state index contributed by atoms with van der Waals surface area (Å²) in [6, 6.07) is 4.30. The van der Waals surface area contributed by atoms with Gasteiger partial charge in [-0.25, -0.2) is 0 Å². The zero-order valence-electron chi connectivity index (χ0n) is 14.1. The first-order valence-corrected chi connectivity index (χ1v) is 8.87. The van der Waals surface area contributed by atoms with E-state index in [1.54, 1.807) is 11.3 Å². The van der Waals surface area contributed by atoms with Gasteiger partial charge in [0.2, 0.25) is 5.91 Å². The van der Waals surface area contributed by atoms with Crippen LogP contribution in [-0.2, 0) is 10.4 Å². The summed E-state index contributed by atoms with van der Waals surface area (Å²) in [5, 5.41) is 16.0. The smallest absolute Gasteiger partial charge is 0.227 e. The summed E-state index contributed by atoms with van der Waals surface area (Å²) in [6.07, 6.45) is 1.89. The molecule has 0 radical (unpaired) electrons. The summed E-state index contributed by atoms with van der Waals surface area (Å²) in [6.45, 7) is 9.91. The Kier molecular flexibility index (Phi) is 5.30. The molecule has 124 valence electrons. The molecule has 2 N–H and O–H groups in total. The zero-order valence-corrected chi connectivity index (χ0v) is 14.9. The minimum Gasteiger partial charge on any atom is -0.383 e. The van der Waals surface area contributed by atoms with Gasteiger partial charge in [0, 0.05) is 36.0 Å². The van der Waals surface area contributed by atoms with Crippen molar-refractivity contribution in [1.29, 1.82) is 0 Å². The first kappa shape index (κ1) is 17.4. The Morgan fingerprint density at radius 2 is 2.00 bits per heavy atom. The summed E-state index contributed by atoms with van der Waals surface area (Å²) in [5.41, 5.74) is -1.13. The van der Waals surface area contributed by atoms with Gasteiger partial charge in [0.25, 0.3) is 0 Å². The van der Waals surface area contributed by atoms with Crippen LogP contribution in [0.2, 0.25) is 0 Å². The molecule has 1 atom stereocenters. The van der Waals surface area contributed by atoms with E-state index >= 15 is 0 Å². The number of aliphatic hydroxyl groups is 1. The van der Waals surface area contributed by atoms with Gasteiger partial charge in [0.15, 0.2) is 0 Å². The quantitative estimate of drug-likeness (QED) is 0.895. The van der Waals surface area contributed by atoms with Crippen molar-refractivity contribution in [2.45, 2.75) is 52.2 Å². The van der Waals surface area contributed by atoms with E-state index in [4.69, 9.17) is 0 Å². The molecule has 1 aromatic rings. The molecule has 0 saturated carbocycles. The van der Waals surface area contributed by atoms with Crippen LogP contribution in [-0.4, -0.2) is 41.6 Å². The van der Waals surface area contributed by atoms with Crippen LogP contribution in [0, 0.1) is 5.41 Å². The SMILES string of the molecule is CC(C)(C)C(=O)N1CCC(NCC(C)(O)c2cccs2)CC1. The number of carbonyl (C=O) groups is 1. The van der Waals surface area contributed by atoms with Crippen LogP contribution in [0.3, 0.4) is 0 Å². The summed E-state index contributed by atoms with van der Waals surface area (Å²) in [5.74, 6) is 0.233. The maximum absolute atomic E-state index is 12.3. The number of carbonyl (C=O) groups excluding carboxylic acids is 1. The van der Waals surface area contributed by atoms with Gasteiger partial charge in [-0.15, -0.1) is 11.3 Å². The van der Waals surface area contributed by atoms with Gasteiger partial charge >= 0.3 is 0 Å². The Hall–Kier alpha value is -0.910. The second-order valence-electron chi connectivity index (χ2n) is 7.45. The normalized spacial score (nSPS) is 20.0. The number of nitrogens with one attached hydrogen (secondary N) is 1. The molecule has 2 heterocycles. The first-order valence-electron chi connectivity index (χ1n) is 7.99. The number of piperidine rings is 1. The van der Waals surface area contributed by atoms with E-state index in [0.717, 1.165) is 30.8 Å². The number of likely N-dealkylation sites (tertiary alicyclic amines) is 1. The Labute approximate surface area is 137 Å². The molecule has 1 aromatic heterocycles. The lowest BCUT2D eigenvalue weighted by Crippen LogP contribution is -2.50. The van der Waals surface area contributed by atoms with Crippen molar-refractivity contribution in [3.8, 4) is 0 Å². The molecule has 1 amide bonds. The molecule has 5 heteroatoms. The van der Waals surface area contributed by atoms with Gasteiger partial charge < -0.3 is 15.3 Å². The van der Waals surface area contributed by atoms with Crippen LogP contribution < -0.4 is 5.32 Å². The number of rotatable bonds is 4. The number of amides is 1. The zero-order chi connectivity index (χ0) is 16.4. The summed E-state index contributed by atoms with van der Waals surface area (Å²) >= 11 is 1.58. The first-order chi connectivity index (χ1) is 10.2. The minimum absolute atomic E-state index is 0.233. The molecule has 22 heavy (non-hydrogen) atoms.